The van der Waals surface area contributed by atoms with Gasteiger partial charge in [0.15, 0.2) is 5.78 Å². The molecule has 10 nitrogen and oxygen atoms in total. The van der Waals surface area contributed by atoms with Crippen LogP contribution in [0.4, 0.5) is 5.69 Å². The van der Waals surface area contributed by atoms with Crippen molar-refractivity contribution in [1.82, 2.24) is 15.1 Å². The lowest BCUT2D eigenvalue weighted by Gasteiger charge is -2.36. The fourth-order valence-corrected chi connectivity index (χ4v) is 5.50. The van der Waals surface area contributed by atoms with Crippen LogP contribution in [0.1, 0.15) is 38.1 Å². The Morgan fingerprint density at radius 3 is 2.42 bits per heavy atom. The molecule has 0 saturated carbocycles. The fourth-order valence-electron chi connectivity index (χ4n) is 5.50. The van der Waals surface area contributed by atoms with Crippen LogP contribution in [0.3, 0.4) is 0 Å². The molecule has 3 aliphatic heterocycles. The van der Waals surface area contributed by atoms with Crippen LogP contribution in [0.15, 0.2) is 24.3 Å². The third kappa shape index (κ3) is 6.20. The third-order valence-corrected chi connectivity index (χ3v) is 7.67. The van der Waals surface area contributed by atoms with E-state index < -0.39 is 23.6 Å². The van der Waals surface area contributed by atoms with Crippen molar-refractivity contribution in [3.8, 4) is 0 Å². The van der Waals surface area contributed by atoms with E-state index >= 15 is 0 Å². The molecule has 0 unspecified atom stereocenters. The maximum Gasteiger partial charge on any atom is 0.251 e. The SMILES string of the molecule is CCO[C@H]1CN(C(=O)[C@@H](NC(=O)c2ccc(N3CCN(CCOC)CC3)cc2)C(C)(C)C)[C@@H]2C(=O)CO[C@H]12. The molecule has 0 radical (unpaired) electrons. The van der Waals surface area contributed by atoms with Gasteiger partial charge in [-0.15, -0.1) is 0 Å². The summed E-state index contributed by atoms with van der Waals surface area (Å²) < 4.78 is 16.6. The first kappa shape index (κ1) is 28.5. The predicted molar refractivity (Wildman–Crippen MR) is 143 cm³/mol. The summed E-state index contributed by atoms with van der Waals surface area (Å²) in [5.74, 6) is -0.732. The van der Waals surface area contributed by atoms with Gasteiger partial charge in [-0.2, -0.15) is 0 Å². The molecule has 3 aliphatic rings. The van der Waals surface area contributed by atoms with Crippen LogP contribution in [0.25, 0.3) is 0 Å². The highest BCUT2D eigenvalue weighted by Gasteiger charge is 2.54. The zero-order chi connectivity index (χ0) is 27.4. The van der Waals surface area contributed by atoms with Crippen LogP contribution in [-0.4, -0.2) is 118 Å². The number of rotatable bonds is 9. The van der Waals surface area contributed by atoms with Crippen molar-refractivity contribution < 1.29 is 28.6 Å². The highest BCUT2D eigenvalue weighted by Crippen LogP contribution is 2.32. The van der Waals surface area contributed by atoms with Crippen LogP contribution < -0.4 is 10.2 Å². The number of anilines is 1. The molecule has 38 heavy (non-hydrogen) atoms. The number of nitrogens with zero attached hydrogens (tertiary/aromatic N) is 3. The number of carbonyl (C=O) groups is 3. The topological polar surface area (TPSA) is 101 Å². The minimum absolute atomic E-state index is 0.0240. The van der Waals surface area contributed by atoms with E-state index in [1.807, 2.05) is 39.8 Å². The number of Topliss-reactive ketones (excluding diaryl/α,β-unsaturated/α-hetero) is 1. The van der Waals surface area contributed by atoms with E-state index in [9.17, 15) is 14.4 Å². The van der Waals surface area contributed by atoms with E-state index in [2.05, 4.69) is 15.1 Å². The number of fused-ring (bicyclic) bond motifs is 1. The summed E-state index contributed by atoms with van der Waals surface area (Å²) in [5.41, 5.74) is 0.985. The molecule has 4 rings (SSSR count). The summed E-state index contributed by atoms with van der Waals surface area (Å²) in [4.78, 5) is 45.9. The zero-order valence-electron chi connectivity index (χ0n) is 23.3. The number of ketones is 1. The Kier molecular flexibility index (Phi) is 9.07. The Morgan fingerprint density at radius 1 is 1.13 bits per heavy atom. The number of hydrogen-bond acceptors (Lipinski definition) is 8. The van der Waals surface area contributed by atoms with E-state index in [1.54, 1.807) is 24.1 Å². The molecule has 3 fully saturated rings. The van der Waals surface area contributed by atoms with Gasteiger partial charge in [0.25, 0.3) is 5.91 Å². The number of benzene rings is 1. The van der Waals surface area contributed by atoms with E-state index in [4.69, 9.17) is 14.2 Å². The largest absolute Gasteiger partial charge is 0.383 e. The van der Waals surface area contributed by atoms with Gasteiger partial charge in [0.05, 0.1) is 13.2 Å². The zero-order valence-corrected chi connectivity index (χ0v) is 23.3. The number of carbonyl (C=O) groups excluding carboxylic acids is 3. The molecular formula is C28H42N4O6. The quantitative estimate of drug-likeness (QED) is 0.508. The molecule has 1 aromatic carbocycles. The highest BCUT2D eigenvalue weighted by molar-refractivity contribution is 5.99. The maximum absolute atomic E-state index is 13.8. The summed E-state index contributed by atoms with van der Waals surface area (Å²) in [5, 5.41) is 2.96. The number of amides is 2. The van der Waals surface area contributed by atoms with Crippen molar-refractivity contribution in [2.24, 2.45) is 5.41 Å². The van der Waals surface area contributed by atoms with Gasteiger partial charge >= 0.3 is 0 Å². The monoisotopic (exact) mass is 530 g/mol. The van der Waals surface area contributed by atoms with Crippen LogP contribution in [0.5, 0.6) is 0 Å². The average Bonchev–Trinajstić information content (AvgIpc) is 3.46. The van der Waals surface area contributed by atoms with Crippen LogP contribution >= 0.6 is 0 Å². The molecule has 4 atom stereocenters. The van der Waals surface area contributed by atoms with Crippen LogP contribution in [0, 0.1) is 5.41 Å². The second-order valence-electron chi connectivity index (χ2n) is 11.3. The third-order valence-electron chi connectivity index (χ3n) is 7.67. The lowest BCUT2D eigenvalue weighted by molar-refractivity contribution is -0.140. The minimum atomic E-state index is -0.815. The molecule has 2 amide bonds. The first-order chi connectivity index (χ1) is 18.1. The Balaban J connectivity index is 1.42. The van der Waals surface area contributed by atoms with Gasteiger partial charge in [-0.1, -0.05) is 20.8 Å². The molecular weight excluding hydrogens is 488 g/mol. The molecule has 3 heterocycles. The van der Waals surface area contributed by atoms with Gasteiger partial charge in [0.2, 0.25) is 5.91 Å². The summed E-state index contributed by atoms with van der Waals surface area (Å²) in [6.45, 7) is 13.7. The lowest BCUT2D eigenvalue weighted by atomic mass is 9.85. The summed E-state index contributed by atoms with van der Waals surface area (Å²) >= 11 is 0. The Hall–Kier alpha value is -2.53. The highest BCUT2D eigenvalue weighted by atomic mass is 16.6. The Morgan fingerprint density at radius 2 is 1.82 bits per heavy atom. The van der Waals surface area contributed by atoms with Crippen LogP contribution in [-0.2, 0) is 23.8 Å². The second kappa shape index (κ2) is 12.1. The summed E-state index contributed by atoms with van der Waals surface area (Å²) in [7, 11) is 1.72. The molecule has 210 valence electrons. The van der Waals surface area contributed by atoms with Gasteiger partial charge in [-0.3, -0.25) is 19.3 Å². The maximum atomic E-state index is 13.8. The van der Waals surface area contributed by atoms with E-state index in [0.717, 1.165) is 45.0 Å². The number of likely N-dealkylation sites (tertiary alicyclic amines) is 1. The average molecular weight is 531 g/mol. The molecule has 10 heteroatoms. The predicted octanol–water partition coefficient (Wildman–Crippen LogP) is 1.18. The molecule has 3 saturated heterocycles. The molecule has 1 aromatic rings. The molecule has 0 spiro atoms. The van der Waals surface area contributed by atoms with Gasteiger partial charge in [0, 0.05) is 57.7 Å². The number of nitrogens with one attached hydrogen (secondary N) is 1. The van der Waals surface area contributed by atoms with Crippen molar-refractivity contribution >= 4 is 23.3 Å². The van der Waals surface area contributed by atoms with Crippen molar-refractivity contribution in [3.63, 3.8) is 0 Å². The van der Waals surface area contributed by atoms with Gasteiger partial charge in [0.1, 0.15) is 30.9 Å². The summed E-state index contributed by atoms with van der Waals surface area (Å²) in [6.07, 6.45) is -0.816. The fraction of sp³-hybridized carbons (Fsp3) is 0.679. The molecule has 0 aliphatic carbocycles. The standard InChI is InChI=1S/C28H42N4O6/c1-6-37-22-17-32(23-21(33)18-38-24(22)23)27(35)25(28(2,3)4)29-26(34)19-7-9-20(10-8-19)31-13-11-30(12-14-31)15-16-36-5/h7-10,22-25H,6,11-18H2,1-5H3,(H,29,34)/t22-,23+,24+,25+/m0/s1. The Labute approximate surface area is 225 Å². The van der Waals surface area contributed by atoms with E-state index in [-0.39, 0.29) is 36.9 Å². The number of ether oxygens (including phenoxy) is 3. The number of hydrogen-bond donors (Lipinski definition) is 1. The van der Waals surface area contributed by atoms with Crippen molar-refractivity contribution in [2.75, 3.05) is 71.1 Å². The van der Waals surface area contributed by atoms with Crippen molar-refractivity contribution in [1.29, 1.82) is 0 Å². The van der Waals surface area contributed by atoms with E-state index in [0.29, 0.717) is 12.2 Å². The summed E-state index contributed by atoms with van der Waals surface area (Å²) in [6, 6.07) is 6.04. The number of piperazine rings is 1. The minimum Gasteiger partial charge on any atom is -0.383 e. The molecule has 1 N–H and O–H groups in total. The normalized spacial score (nSPS) is 25.0. The number of methoxy groups -OCH3 is 1. The van der Waals surface area contributed by atoms with Crippen LogP contribution in [0.2, 0.25) is 0 Å². The molecule has 0 aromatic heterocycles. The smallest absolute Gasteiger partial charge is 0.251 e. The Bertz CT molecular complexity index is 986. The van der Waals surface area contributed by atoms with Gasteiger partial charge in [-0.05, 0) is 36.6 Å². The van der Waals surface area contributed by atoms with E-state index in [1.165, 1.54) is 0 Å². The second-order valence-corrected chi connectivity index (χ2v) is 11.3. The van der Waals surface area contributed by atoms with Crippen molar-refractivity contribution in [2.45, 2.75) is 52.0 Å². The van der Waals surface area contributed by atoms with Gasteiger partial charge < -0.3 is 29.3 Å². The first-order valence-corrected chi connectivity index (χ1v) is 13.6. The van der Waals surface area contributed by atoms with Gasteiger partial charge in [-0.25, -0.2) is 0 Å². The lowest BCUT2D eigenvalue weighted by Crippen LogP contribution is -2.57. The molecule has 0 bridgehead atoms. The first-order valence-electron chi connectivity index (χ1n) is 13.6. The van der Waals surface area contributed by atoms with Crippen molar-refractivity contribution in [3.05, 3.63) is 29.8 Å².